The molecule has 0 saturated heterocycles. The Balaban J connectivity index is 0.817. The summed E-state index contributed by atoms with van der Waals surface area (Å²) in [5, 5.41) is 7.92. The molecule has 4 heteroatoms. The largest absolute Gasteiger partial charge is 0.313 e. The third-order valence-corrected chi connectivity index (χ3v) is 15.6. The van der Waals surface area contributed by atoms with Crippen molar-refractivity contribution in [3.8, 4) is 22.5 Å². The van der Waals surface area contributed by atoms with E-state index in [2.05, 4.69) is 240 Å². The van der Waals surface area contributed by atoms with Crippen molar-refractivity contribution in [2.45, 2.75) is 51.4 Å². The Morgan fingerprint density at radius 2 is 1.18 bits per heavy atom. The first-order valence-corrected chi connectivity index (χ1v) is 24.1. The van der Waals surface area contributed by atoms with E-state index in [1.54, 1.807) is 0 Å². The summed E-state index contributed by atoms with van der Waals surface area (Å²) >= 11 is 0. The van der Waals surface area contributed by atoms with E-state index in [-0.39, 0.29) is 5.41 Å². The fourth-order valence-corrected chi connectivity index (χ4v) is 12.5. The van der Waals surface area contributed by atoms with Gasteiger partial charge in [-0.05, 0) is 128 Å². The third kappa shape index (κ3) is 5.53. The van der Waals surface area contributed by atoms with Gasteiger partial charge >= 0.3 is 0 Å². The molecule has 322 valence electrons. The summed E-state index contributed by atoms with van der Waals surface area (Å²) in [5.74, 6) is 0.845. The smallest absolute Gasteiger partial charge is 0.0542 e. The molecule has 0 radical (unpaired) electrons. The predicted molar refractivity (Wildman–Crippen MR) is 282 cm³/mol. The number of rotatable bonds is 5. The lowest BCUT2D eigenvalue weighted by molar-refractivity contribution is 0.577. The Bertz CT molecular complexity index is 3940. The highest BCUT2D eigenvalue weighted by Crippen LogP contribution is 2.54. The first-order chi connectivity index (χ1) is 32.9. The molecule has 14 rings (SSSR count). The van der Waals surface area contributed by atoms with Crippen LogP contribution in [0.3, 0.4) is 0 Å². The van der Waals surface area contributed by atoms with E-state index >= 15 is 0 Å². The SMILES string of the molecule is CC1C=c2c(c3ccccc3n2C2=Cc3c(n(-c4ccc(-c5ccc(-n6c7ccccc7c7cc(N8C9=CC=CCC9(C)c9ccccc98)ccc76)cc5)cc4)c4ccccc34)C(C)C2)=CC1. The zero-order valence-corrected chi connectivity index (χ0v) is 38.1. The van der Waals surface area contributed by atoms with Crippen LogP contribution in [0.5, 0.6) is 0 Å². The summed E-state index contributed by atoms with van der Waals surface area (Å²) in [5.41, 5.74) is 19.0. The number of hydrogen-bond donors (Lipinski definition) is 0. The molecule has 3 aliphatic carbocycles. The first kappa shape index (κ1) is 38.4. The molecule has 4 nitrogen and oxygen atoms in total. The van der Waals surface area contributed by atoms with Gasteiger partial charge in [0.05, 0.1) is 22.1 Å². The number of para-hydroxylation sites is 4. The van der Waals surface area contributed by atoms with Gasteiger partial charge in [0.25, 0.3) is 0 Å². The number of nitrogens with zero attached hydrogens (tertiary/aromatic N) is 4. The van der Waals surface area contributed by atoms with Crippen LogP contribution in [-0.2, 0) is 5.41 Å². The molecule has 3 atom stereocenters. The molecule has 3 aromatic heterocycles. The monoisotopic (exact) mass is 862 g/mol. The van der Waals surface area contributed by atoms with Crippen LogP contribution in [0.25, 0.3) is 90.0 Å². The normalized spacial score (nSPS) is 19.5. The van der Waals surface area contributed by atoms with Crippen LogP contribution in [0.1, 0.15) is 62.8 Å². The maximum Gasteiger partial charge on any atom is 0.0542 e. The fourth-order valence-electron chi connectivity index (χ4n) is 12.5. The Hall–Kier alpha value is -7.82. The molecule has 10 aromatic rings. The highest BCUT2D eigenvalue weighted by atomic mass is 15.2. The molecule has 67 heavy (non-hydrogen) atoms. The fraction of sp³-hybridized carbons (Fsp3) is 0.143. The van der Waals surface area contributed by atoms with Crippen molar-refractivity contribution >= 4 is 78.9 Å². The Morgan fingerprint density at radius 3 is 1.94 bits per heavy atom. The summed E-state index contributed by atoms with van der Waals surface area (Å²) < 4.78 is 7.52. The molecule has 0 amide bonds. The molecule has 4 heterocycles. The van der Waals surface area contributed by atoms with Crippen LogP contribution in [0.2, 0.25) is 0 Å². The summed E-state index contributed by atoms with van der Waals surface area (Å²) in [6.07, 6.45) is 17.3. The van der Waals surface area contributed by atoms with Crippen molar-refractivity contribution in [2.75, 3.05) is 4.90 Å². The van der Waals surface area contributed by atoms with Crippen LogP contribution in [-0.4, -0.2) is 13.7 Å². The van der Waals surface area contributed by atoms with Gasteiger partial charge in [-0.2, -0.15) is 0 Å². The van der Waals surface area contributed by atoms with Gasteiger partial charge in [0, 0.05) is 88.8 Å². The van der Waals surface area contributed by atoms with Crippen molar-refractivity contribution in [1.82, 2.24) is 13.7 Å². The van der Waals surface area contributed by atoms with Crippen LogP contribution in [0, 0.1) is 5.92 Å². The highest BCUT2D eigenvalue weighted by molar-refractivity contribution is 6.11. The van der Waals surface area contributed by atoms with Crippen molar-refractivity contribution in [2.24, 2.45) is 5.92 Å². The minimum absolute atomic E-state index is 0.0379. The Labute approximate surface area is 390 Å². The van der Waals surface area contributed by atoms with Crippen molar-refractivity contribution in [3.63, 3.8) is 0 Å². The van der Waals surface area contributed by atoms with Crippen LogP contribution < -0.4 is 15.5 Å². The lowest BCUT2D eigenvalue weighted by Crippen LogP contribution is -2.32. The van der Waals surface area contributed by atoms with Gasteiger partial charge in [-0.3, -0.25) is 0 Å². The van der Waals surface area contributed by atoms with E-state index in [0.29, 0.717) is 11.8 Å². The first-order valence-electron chi connectivity index (χ1n) is 24.1. The summed E-state index contributed by atoms with van der Waals surface area (Å²) in [6.45, 7) is 7.14. The zero-order valence-electron chi connectivity index (χ0n) is 38.1. The molecule has 7 aromatic carbocycles. The van der Waals surface area contributed by atoms with Crippen LogP contribution in [0.15, 0.2) is 188 Å². The standard InChI is InChI=1S/C63H50N4/c1-40-23-33-51-48-14-4-8-18-55(48)65(60(51)36-40)47-37-41(2)62-53(39-47)50-16-6-10-20-57(50)67(62)45-30-26-43(27-31-45)42-24-28-44(29-25-42)64-56-19-9-5-15-49(56)52-38-46(32-34-58(52)64)66-59-21-11-7-17-54(59)63(3)35-13-12-22-61(63)66/h4-22,24-34,36,38-41H,23,35,37H2,1-3H3. The lowest BCUT2D eigenvalue weighted by atomic mass is 9.77. The molecule has 0 saturated carbocycles. The minimum Gasteiger partial charge on any atom is -0.313 e. The van der Waals surface area contributed by atoms with E-state index in [9.17, 15) is 0 Å². The number of fused-ring (bicyclic) bond motifs is 12. The van der Waals surface area contributed by atoms with Gasteiger partial charge in [0.15, 0.2) is 0 Å². The zero-order chi connectivity index (χ0) is 44.5. The number of hydrogen-bond acceptors (Lipinski definition) is 1. The maximum absolute atomic E-state index is 2.56. The molecule has 0 N–H and O–H groups in total. The van der Waals surface area contributed by atoms with Gasteiger partial charge in [-0.1, -0.05) is 135 Å². The second kappa shape index (κ2) is 14.3. The summed E-state index contributed by atoms with van der Waals surface area (Å²) in [6, 6.07) is 61.1. The van der Waals surface area contributed by atoms with E-state index in [0.717, 1.165) is 24.9 Å². The molecule has 4 aliphatic rings. The highest BCUT2D eigenvalue weighted by Gasteiger charge is 2.44. The van der Waals surface area contributed by atoms with Crippen molar-refractivity contribution < 1.29 is 0 Å². The molecule has 0 bridgehead atoms. The molecule has 3 unspecified atom stereocenters. The van der Waals surface area contributed by atoms with E-state index in [1.165, 1.54) is 111 Å². The third-order valence-electron chi connectivity index (χ3n) is 15.6. The second-order valence-corrected chi connectivity index (χ2v) is 19.6. The molecule has 0 fully saturated rings. The molecular weight excluding hydrogens is 813 g/mol. The average Bonchev–Trinajstić information content (AvgIpc) is 4.07. The van der Waals surface area contributed by atoms with Crippen molar-refractivity contribution in [1.29, 1.82) is 0 Å². The van der Waals surface area contributed by atoms with Gasteiger partial charge in [-0.25, -0.2) is 0 Å². The quantitative estimate of drug-likeness (QED) is 0.169. The second-order valence-electron chi connectivity index (χ2n) is 19.6. The van der Waals surface area contributed by atoms with Gasteiger partial charge in [-0.15, -0.1) is 0 Å². The molecular formula is C63H50N4. The predicted octanol–water partition coefficient (Wildman–Crippen LogP) is 14.7. The van der Waals surface area contributed by atoms with E-state index < -0.39 is 0 Å². The lowest BCUT2D eigenvalue weighted by Gasteiger charge is -2.31. The van der Waals surface area contributed by atoms with Gasteiger partial charge < -0.3 is 18.6 Å². The number of anilines is 2. The van der Waals surface area contributed by atoms with Gasteiger partial charge in [0.1, 0.15) is 0 Å². The van der Waals surface area contributed by atoms with Crippen LogP contribution >= 0.6 is 0 Å². The Kier molecular flexibility index (Phi) is 8.23. The topological polar surface area (TPSA) is 18.0 Å². The van der Waals surface area contributed by atoms with E-state index in [4.69, 9.17) is 0 Å². The number of benzene rings is 7. The van der Waals surface area contributed by atoms with Crippen LogP contribution in [0.4, 0.5) is 11.4 Å². The maximum atomic E-state index is 2.56. The average molecular weight is 863 g/mol. The summed E-state index contributed by atoms with van der Waals surface area (Å²) in [7, 11) is 0. The van der Waals surface area contributed by atoms with Crippen molar-refractivity contribution in [3.05, 3.63) is 215 Å². The molecule has 0 spiro atoms. The summed E-state index contributed by atoms with van der Waals surface area (Å²) in [4.78, 5) is 2.49. The Morgan fingerprint density at radius 1 is 0.567 bits per heavy atom. The number of allylic oxidation sites excluding steroid dienone is 5. The molecule has 1 aliphatic heterocycles. The van der Waals surface area contributed by atoms with Gasteiger partial charge in [0.2, 0.25) is 0 Å². The van der Waals surface area contributed by atoms with E-state index in [1.807, 2.05) is 0 Å². The number of aromatic nitrogens is 3. The minimum atomic E-state index is -0.0379.